The van der Waals surface area contributed by atoms with E-state index in [2.05, 4.69) is 10.6 Å². The van der Waals surface area contributed by atoms with Crippen LogP contribution in [0.4, 0.5) is 17.6 Å². The standard InChI is InChI=1S/C10H18F4N2O/c1-17-9(2-4-15-5-3-9)6-16-7-10(13,14)8(11)12/h8,15-16H,2-7H2,1H3. The molecule has 1 aliphatic rings. The molecule has 17 heavy (non-hydrogen) atoms. The summed E-state index contributed by atoms with van der Waals surface area (Å²) < 4.78 is 54.5. The largest absolute Gasteiger partial charge is 0.377 e. The molecule has 0 aromatic carbocycles. The Kier molecular flexibility index (Phi) is 5.15. The zero-order valence-electron chi connectivity index (χ0n) is 9.74. The minimum Gasteiger partial charge on any atom is -0.377 e. The first-order valence-corrected chi connectivity index (χ1v) is 5.54. The Labute approximate surface area is 97.9 Å². The van der Waals surface area contributed by atoms with Gasteiger partial charge in [-0.2, -0.15) is 8.78 Å². The van der Waals surface area contributed by atoms with Crippen LogP contribution in [0, 0.1) is 0 Å². The number of ether oxygens (including phenoxy) is 1. The Balaban J connectivity index is 2.38. The highest BCUT2D eigenvalue weighted by Crippen LogP contribution is 2.24. The molecule has 0 saturated carbocycles. The quantitative estimate of drug-likeness (QED) is 0.703. The lowest BCUT2D eigenvalue weighted by molar-refractivity contribution is -0.128. The second-order valence-corrected chi connectivity index (χ2v) is 4.30. The third-order valence-corrected chi connectivity index (χ3v) is 3.07. The van der Waals surface area contributed by atoms with Gasteiger partial charge in [0.15, 0.2) is 0 Å². The number of halogens is 4. The van der Waals surface area contributed by atoms with Crippen LogP contribution in [-0.4, -0.2) is 51.2 Å². The van der Waals surface area contributed by atoms with Crippen molar-refractivity contribution in [1.29, 1.82) is 0 Å². The molecule has 2 N–H and O–H groups in total. The van der Waals surface area contributed by atoms with Gasteiger partial charge in [0.1, 0.15) is 0 Å². The molecular weight excluding hydrogens is 240 g/mol. The zero-order valence-corrected chi connectivity index (χ0v) is 9.74. The van der Waals surface area contributed by atoms with E-state index < -0.39 is 24.5 Å². The average molecular weight is 258 g/mol. The lowest BCUT2D eigenvalue weighted by atomic mass is 9.92. The molecule has 0 radical (unpaired) electrons. The molecule has 0 atom stereocenters. The summed E-state index contributed by atoms with van der Waals surface area (Å²) in [6.07, 6.45) is -2.28. The predicted molar refractivity (Wildman–Crippen MR) is 55.7 cm³/mol. The molecule has 1 rings (SSSR count). The molecule has 7 heteroatoms. The van der Waals surface area contributed by atoms with Crippen LogP contribution in [0.15, 0.2) is 0 Å². The van der Waals surface area contributed by atoms with Crippen LogP contribution >= 0.6 is 0 Å². The zero-order chi connectivity index (χ0) is 12.9. The maximum Gasteiger partial charge on any atom is 0.319 e. The van der Waals surface area contributed by atoms with Crippen LogP contribution in [0.3, 0.4) is 0 Å². The molecule has 0 amide bonds. The van der Waals surface area contributed by atoms with Crippen molar-refractivity contribution >= 4 is 0 Å². The normalized spacial score (nSPS) is 20.8. The lowest BCUT2D eigenvalue weighted by Crippen LogP contribution is -2.52. The summed E-state index contributed by atoms with van der Waals surface area (Å²) in [7, 11) is 1.51. The molecule has 0 aromatic rings. The summed E-state index contributed by atoms with van der Waals surface area (Å²) in [6, 6.07) is 0. The van der Waals surface area contributed by atoms with E-state index in [9.17, 15) is 17.6 Å². The number of nitrogens with one attached hydrogen (secondary N) is 2. The number of hydrogen-bond acceptors (Lipinski definition) is 3. The smallest absolute Gasteiger partial charge is 0.319 e. The molecule has 0 aromatic heterocycles. The van der Waals surface area contributed by atoms with Gasteiger partial charge in [-0.3, -0.25) is 0 Å². The van der Waals surface area contributed by atoms with Crippen LogP contribution in [0.1, 0.15) is 12.8 Å². The number of methoxy groups -OCH3 is 1. The summed E-state index contributed by atoms with van der Waals surface area (Å²) in [5, 5.41) is 5.51. The van der Waals surface area contributed by atoms with Crippen molar-refractivity contribution in [2.24, 2.45) is 0 Å². The van der Waals surface area contributed by atoms with Crippen molar-refractivity contribution in [3.63, 3.8) is 0 Å². The first kappa shape index (κ1) is 14.7. The Morgan fingerprint density at radius 2 is 1.94 bits per heavy atom. The minimum atomic E-state index is -3.98. The lowest BCUT2D eigenvalue weighted by Gasteiger charge is -2.36. The number of hydrogen-bond donors (Lipinski definition) is 2. The van der Waals surface area contributed by atoms with Crippen molar-refractivity contribution < 1.29 is 22.3 Å². The average Bonchev–Trinajstić information content (AvgIpc) is 2.30. The predicted octanol–water partition coefficient (Wildman–Crippen LogP) is 1.25. The third-order valence-electron chi connectivity index (χ3n) is 3.07. The van der Waals surface area contributed by atoms with Crippen LogP contribution in [0.5, 0.6) is 0 Å². The molecule has 1 fully saturated rings. The second-order valence-electron chi connectivity index (χ2n) is 4.30. The van der Waals surface area contributed by atoms with E-state index in [1.165, 1.54) is 7.11 Å². The molecule has 0 aliphatic carbocycles. The molecule has 1 aliphatic heterocycles. The molecule has 0 bridgehead atoms. The van der Waals surface area contributed by atoms with Gasteiger partial charge in [0.2, 0.25) is 0 Å². The van der Waals surface area contributed by atoms with Gasteiger partial charge < -0.3 is 15.4 Å². The number of alkyl halides is 4. The maximum absolute atomic E-state index is 12.7. The van der Waals surface area contributed by atoms with Gasteiger partial charge in [-0.1, -0.05) is 0 Å². The second kappa shape index (κ2) is 5.97. The Morgan fingerprint density at radius 3 is 2.41 bits per heavy atom. The van der Waals surface area contributed by atoms with E-state index in [-0.39, 0.29) is 6.54 Å². The summed E-state index contributed by atoms with van der Waals surface area (Å²) in [6.45, 7) is 0.609. The van der Waals surface area contributed by atoms with E-state index in [1.807, 2.05) is 0 Å². The topological polar surface area (TPSA) is 33.3 Å². The first-order chi connectivity index (χ1) is 7.92. The van der Waals surface area contributed by atoms with Gasteiger partial charge in [0.05, 0.1) is 12.1 Å². The van der Waals surface area contributed by atoms with E-state index in [0.717, 1.165) is 13.1 Å². The molecule has 3 nitrogen and oxygen atoms in total. The van der Waals surface area contributed by atoms with Gasteiger partial charge >= 0.3 is 12.3 Å². The summed E-state index contributed by atoms with van der Waals surface area (Å²) in [5.41, 5.74) is -0.524. The molecule has 1 heterocycles. The minimum absolute atomic E-state index is 0.160. The summed E-state index contributed by atoms with van der Waals surface area (Å²) >= 11 is 0. The van der Waals surface area contributed by atoms with Crippen LogP contribution in [0.2, 0.25) is 0 Å². The fourth-order valence-electron chi connectivity index (χ4n) is 1.87. The van der Waals surface area contributed by atoms with Gasteiger partial charge in [-0.15, -0.1) is 0 Å². The van der Waals surface area contributed by atoms with Crippen molar-refractivity contribution in [2.45, 2.75) is 30.8 Å². The molecule has 0 unspecified atom stereocenters. The van der Waals surface area contributed by atoms with Crippen LogP contribution < -0.4 is 10.6 Å². The summed E-state index contributed by atoms with van der Waals surface area (Å²) in [5.74, 6) is -3.98. The SMILES string of the molecule is COC1(CNCC(F)(F)C(F)F)CCNCC1. The van der Waals surface area contributed by atoms with Crippen molar-refractivity contribution in [3.8, 4) is 0 Å². The van der Waals surface area contributed by atoms with E-state index in [4.69, 9.17) is 4.74 Å². The third kappa shape index (κ3) is 4.08. The molecule has 102 valence electrons. The van der Waals surface area contributed by atoms with E-state index >= 15 is 0 Å². The molecular formula is C10H18F4N2O. The van der Waals surface area contributed by atoms with Crippen molar-refractivity contribution in [1.82, 2.24) is 10.6 Å². The Hall–Kier alpha value is -0.400. The van der Waals surface area contributed by atoms with Gasteiger partial charge in [-0.05, 0) is 25.9 Å². The number of rotatable bonds is 6. The highest BCUT2D eigenvalue weighted by atomic mass is 19.3. The van der Waals surface area contributed by atoms with Gasteiger partial charge in [-0.25, -0.2) is 8.78 Å². The Morgan fingerprint density at radius 1 is 1.35 bits per heavy atom. The van der Waals surface area contributed by atoms with Crippen LogP contribution in [-0.2, 0) is 4.74 Å². The first-order valence-electron chi connectivity index (χ1n) is 5.54. The Bertz CT molecular complexity index is 232. The fraction of sp³-hybridized carbons (Fsp3) is 1.00. The van der Waals surface area contributed by atoms with Gasteiger partial charge in [0.25, 0.3) is 0 Å². The molecule has 1 saturated heterocycles. The van der Waals surface area contributed by atoms with E-state index in [0.29, 0.717) is 12.8 Å². The highest BCUT2D eigenvalue weighted by Gasteiger charge is 2.41. The van der Waals surface area contributed by atoms with Crippen LogP contribution in [0.25, 0.3) is 0 Å². The van der Waals surface area contributed by atoms with Gasteiger partial charge in [0, 0.05) is 13.7 Å². The highest BCUT2D eigenvalue weighted by molar-refractivity contribution is 4.89. The summed E-state index contributed by atoms with van der Waals surface area (Å²) in [4.78, 5) is 0. The van der Waals surface area contributed by atoms with Crippen molar-refractivity contribution in [2.75, 3.05) is 33.3 Å². The van der Waals surface area contributed by atoms with Crippen molar-refractivity contribution in [3.05, 3.63) is 0 Å². The molecule has 0 spiro atoms. The monoisotopic (exact) mass is 258 g/mol. The number of piperidine rings is 1. The fourth-order valence-corrected chi connectivity index (χ4v) is 1.87. The maximum atomic E-state index is 12.7. The van der Waals surface area contributed by atoms with E-state index in [1.54, 1.807) is 0 Å².